The largest absolute Gasteiger partial charge is 0.416 e. The summed E-state index contributed by atoms with van der Waals surface area (Å²) < 4.78 is 12.6. The molecule has 0 bridgehead atoms. The van der Waals surface area contributed by atoms with Crippen molar-refractivity contribution >= 4 is 8.32 Å². The summed E-state index contributed by atoms with van der Waals surface area (Å²) in [6.45, 7) is 8.37. The Labute approximate surface area is 167 Å². The van der Waals surface area contributed by atoms with Crippen molar-refractivity contribution in [3.05, 3.63) is 71.8 Å². The first-order valence-electron chi connectivity index (χ1n) is 10.3. The fourth-order valence-corrected chi connectivity index (χ4v) is 6.76. The van der Waals surface area contributed by atoms with Gasteiger partial charge in [0.15, 0.2) is 8.32 Å². The van der Waals surface area contributed by atoms with E-state index in [1.54, 1.807) is 0 Å². The minimum atomic E-state index is -1.65. The Kier molecular flexibility index (Phi) is 8.74. The Hall–Kier alpha value is -1.42. The van der Waals surface area contributed by atoms with Crippen LogP contribution in [-0.2, 0) is 22.0 Å². The van der Waals surface area contributed by atoms with Crippen LogP contribution < -0.4 is 0 Å². The summed E-state index contributed by atoms with van der Waals surface area (Å²) in [4.78, 5) is 0. The smallest absolute Gasteiger partial charge is 0.192 e. The van der Waals surface area contributed by atoms with E-state index in [1.807, 2.05) is 7.11 Å². The van der Waals surface area contributed by atoms with Gasteiger partial charge in [0.05, 0.1) is 6.61 Å². The van der Waals surface area contributed by atoms with Crippen LogP contribution in [-0.4, -0.2) is 28.6 Å². The highest BCUT2D eigenvalue weighted by Crippen LogP contribution is 2.32. The fraction of sp³-hybridized carbons (Fsp3) is 0.500. The molecular formula is C24H36O2Si. The normalized spacial score (nSPS) is 12.3. The first kappa shape index (κ1) is 21.9. The van der Waals surface area contributed by atoms with E-state index in [2.05, 4.69) is 81.4 Å². The summed E-state index contributed by atoms with van der Waals surface area (Å²) in [5, 5.41) is 0. The van der Waals surface area contributed by atoms with Crippen LogP contribution in [0, 0.1) is 5.41 Å². The van der Waals surface area contributed by atoms with Gasteiger partial charge in [-0.05, 0) is 42.1 Å². The monoisotopic (exact) mass is 384 g/mol. The molecule has 0 atom stereocenters. The van der Waals surface area contributed by atoms with Crippen molar-refractivity contribution in [1.82, 2.24) is 0 Å². The number of rotatable bonds is 12. The van der Waals surface area contributed by atoms with E-state index in [1.165, 1.54) is 29.3 Å². The van der Waals surface area contributed by atoms with Crippen molar-refractivity contribution in [2.45, 2.75) is 51.7 Å². The minimum Gasteiger partial charge on any atom is -0.416 e. The lowest BCUT2D eigenvalue weighted by Crippen LogP contribution is -2.44. The van der Waals surface area contributed by atoms with Crippen LogP contribution in [0.3, 0.4) is 0 Å². The van der Waals surface area contributed by atoms with Crippen molar-refractivity contribution in [2.24, 2.45) is 5.41 Å². The molecule has 2 rings (SSSR count). The van der Waals surface area contributed by atoms with E-state index < -0.39 is 8.32 Å². The van der Waals surface area contributed by atoms with Gasteiger partial charge in [0, 0.05) is 19.1 Å². The highest BCUT2D eigenvalue weighted by atomic mass is 28.4. The fourth-order valence-electron chi connectivity index (χ4n) is 4.03. The molecule has 2 aromatic rings. The van der Waals surface area contributed by atoms with Crippen LogP contribution in [0.1, 0.15) is 31.9 Å². The van der Waals surface area contributed by atoms with Crippen molar-refractivity contribution in [1.29, 1.82) is 0 Å². The number of methoxy groups -OCH3 is 1. The van der Waals surface area contributed by atoms with E-state index in [0.29, 0.717) is 6.61 Å². The maximum absolute atomic E-state index is 6.80. The van der Waals surface area contributed by atoms with E-state index in [9.17, 15) is 0 Å². The van der Waals surface area contributed by atoms with Gasteiger partial charge in [-0.25, -0.2) is 0 Å². The molecular weight excluding hydrogens is 348 g/mol. The van der Waals surface area contributed by atoms with Gasteiger partial charge in [0.2, 0.25) is 0 Å². The van der Waals surface area contributed by atoms with Crippen LogP contribution in [0.4, 0.5) is 0 Å². The second-order valence-electron chi connectivity index (χ2n) is 7.79. The topological polar surface area (TPSA) is 18.5 Å². The molecule has 0 aliphatic rings. The highest BCUT2D eigenvalue weighted by Gasteiger charge is 2.36. The molecule has 0 N–H and O–H groups in total. The molecule has 0 spiro atoms. The minimum absolute atomic E-state index is 0.0464. The molecule has 0 radical (unpaired) electrons. The number of ether oxygens (including phenoxy) is 1. The molecule has 0 heterocycles. The summed E-state index contributed by atoms with van der Waals surface area (Å²) in [6, 6.07) is 25.1. The van der Waals surface area contributed by atoms with Crippen LogP contribution >= 0.6 is 0 Å². The number of hydrogen-bond donors (Lipinski definition) is 0. The molecule has 0 aliphatic heterocycles. The molecule has 27 heavy (non-hydrogen) atoms. The third kappa shape index (κ3) is 6.30. The first-order chi connectivity index (χ1) is 13.1. The molecule has 0 aliphatic carbocycles. The lowest BCUT2D eigenvalue weighted by molar-refractivity contribution is 0.0343. The van der Waals surface area contributed by atoms with E-state index in [0.717, 1.165) is 19.4 Å². The standard InChI is InChI=1S/C24H36O2Si/c1-5-27(6-2,7-3)26-21-24(20-25-4,18-22-14-10-8-11-15-22)19-23-16-12-9-13-17-23/h8-17H,5-7,18-21H2,1-4H3. The van der Waals surface area contributed by atoms with Crippen molar-refractivity contribution in [3.8, 4) is 0 Å². The predicted octanol–water partition coefficient (Wildman–Crippen LogP) is 6.13. The Balaban J connectivity index is 2.31. The van der Waals surface area contributed by atoms with Crippen LogP contribution in [0.15, 0.2) is 60.7 Å². The molecule has 0 amide bonds. The van der Waals surface area contributed by atoms with Gasteiger partial charge in [0.25, 0.3) is 0 Å². The molecule has 2 aromatic carbocycles. The predicted molar refractivity (Wildman–Crippen MR) is 118 cm³/mol. The maximum Gasteiger partial charge on any atom is 0.192 e. The van der Waals surface area contributed by atoms with Crippen LogP contribution in [0.5, 0.6) is 0 Å². The van der Waals surface area contributed by atoms with Crippen LogP contribution in [0.2, 0.25) is 18.1 Å². The SMILES string of the molecule is CC[Si](CC)(CC)OCC(COC)(Cc1ccccc1)Cc1ccccc1. The average Bonchev–Trinajstić information content (AvgIpc) is 2.71. The van der Waals surface area contributed by atoms with Crippen molar-refractivity contribution in [3.63, 3.8) is 0 Å². The second kappa shape index (κ2) is 10.8. The lowest BCUT2D eigenvalue weighted by atomic mass is 9.78. The zero-order valence-electron chi connectivity index (χ0n) is 17.5. The van der Waals surface area contributed by atoms with E-state index in [4.69, 9.17) is 9.16 Å². The molecule has 2 nitrogen and oxygen atoms in total. The number of hydrogen-bond acceptors (Lipinski definition) is 2. The Bertz CT molecular complexity index is 588. The second-order valence-corrected chi connectivity index (χ2v) is 12.6. The van der Waals surface area contributed by atoms with E-state index >= 15 is 0 Å². The first-order valence-corrected chi connectivity index (χ1v) is 12.8. The van der Waals surface area contributed by atoms with Gasteiger partial charge >= 0.3 is 0 Å². The Morgan fingerprint density at radius 3 is 1.52 bits per heavy atom. The van der Waals surface area contributed by atoms with Gasteiger partial charge in [-0.2, -0.15) is 0 Å². The van der Waals surface area contributed by atoms with Gasteiger partial charge in [-0.1, -0.05) is 81.4 Å². The summed E-state index contributed by atoms with van der Waals surface area (Å²) >= 11 is 0. The molecule has 0 unspecified atom stereocenters. The Morgan fingerprint density at radius 1 is 0.704 bits per heavy atom. The third-order valence-electron chi connectivity index (χ3n) is 5.91. The summed E-state index contributed by atoms with van der Waals surface area (Å²) in [6.07, 6.45) is 1.94. The zero-order valence-corrected chi connectivity index (χ0v) is 18.5. The van der Waals surface area contributed by atoms with E-state index in [-0.39, 0.29) is 5.41 Å². The quantitative estimate of drug-likeness (QED) is 0.410. The molecule has 0 fully saturated rings. The maximum atomic E-state index is 6.80. The summed E-state index contributed by atoms with van der Waals surface area (Å²) in [5.74, 6) is 0. The molecule has 0 aromatic heterocycles. The van der Waals surface area contributed by atoms with Crippen LogP contribution in [0.25, 0.3) is 0 Å². The van der Waals surface area contributed by atoms with Crippen molar-refractivity contribution < 1.29 is 9.16 Å². The molecule has 3 heteroatoms. The van der Waals surface area contributed by atoms with Gasteiger partial charge in [-0.15, -0.1) is 0 Å². The highest BCUT2D eigenvalue weighted by molar-refractivity contribution is 6.73. The lowest BCUT2D eigenvalue weighted by Gasteiger charge is -2.38. The summed E-state index contributed by atoms with van der Waals surface area (Å²) in [5.41, 5.74) is 2.66. The van der Waals surface area contributed by atoms with Crippen molar-refractivity contribution in [2.75, 3.05) is 20.3 Å². The average molecular weight is 385 g/mol. The zero-order chi connectivity index (χ0) is 19.6. The van der Waals surface area contributed by atoms with Gasteiger partial charge in [-0.3, -0.25) is 0 Å². The third-order valence-corrected chi connectivity index (χ3v) is 10.5. The molecule has 0 saturated heterocycles. The van der Waals surface area contributed by atoms with Gasteiger partial charge < -0.3 is 9.16 Å². The molecule has 0 saturated carbocycles. The van der Waals surface area contributed by atoms with Gasteiger partial charge in [0.1, 0.15) is 0 Å². The summed E-state index contributed by atoms with van der Waals surface area (Å²) in [7, 11) is 0.168. The number of benzene rings is 2. The molecule has 148 valence electrons. The Morgan fingerprint density at radius 2 is 1.15 bits per heavy atom.